The van der Waals surface area contributed by atoms with E-state index in [1.807, 2.05) is 55.5 Å². The van der Waals surface area contributed by atoms with Crippen molar-refractivity contribution in [3.05, 3.63) is 70.8 Å². The van der Waals surface area contributed by atoms with Crippen molar-refractivity contribution in [1.82, 2.24) is 0 Å². The summed E-state index contributed by atoms with van der Waals surface area (Å²) < 4.78 is 5.84. The minimum atomic E-state index is -0.996. The van der Waals surface area contributed by atoms with Crippen molar-refractivity contribution < 1.29 is 14.9 Å². The van der Waals surface area contributed by atoms with Gasteiger partial charge in [0, 0.05) is 12.5 Å². The van der Waals surface area contributed by atoms with Gasteiger partial charge in [0.05, 0.1) is 6.10 Å². The molecule has 0 aliphatic heterocycles. The lowest BCUT2D eigenvalue weighted by Crippen LogP contribution is -2.65. The minimum Gasteiger partial charge on any atom is -0.389 e. The highest BCUT2D eigenvalue weighted by atomic mass is 16.5. The smallest absolute Gasteiger partial charge is 0.147 e. The summed E-state index contributed by atoms with van der Waals surface area (Å²) in [4.78, 5) is 0. The molecule has 2 bridgehead atoms. The molecule has 2 N–H and O–H groups in total. The molecule has 3 aliphatic rings. The fourth-order valence-corrected chi connectivity index (χ4v) is 4.33. The van der Waals surface area contributed by atoms with E-state index >= 15 is 0 Å². The molecule has 0 radical (unpaired) electrons. The molecule has 108 valence electrons. The van der Waals surface area contributed by atoms with Gasteiger partial charge in [0.25, 0.3) is 0 Å². The number of benzene rings is 2. The van der Waals surface area contributed by atoms with Crippen LogP contribution in [0.2, 0.25) is 0 Å². The second-order valence-corrected chi connectivity index (χ2v) is 6.12. The van der Waals surface area contributed by atoms with E-state index in [0.717, 1.165) is 22.3 Å². The Bertz CT molecular complexity index is 674. The van der Waals surface area contributed by atoms with Crippen LogP contribution in [0.4, 0.5) is 0 Å². The summed E-state index contributed by atoms with van der Waals surface area (Å²) in [5.41, 5.74) is 2.35. The first kappa shape index (κ1) is 13.0. The third kappa shape index (κ3) is 1.22. The van der Waals surface area contributed by atoms with Crippen LogP contribution in [0.15, 0.2) is 48.5 Å². The SMILES string of the molecule is COC12c3ccccc3C(C)(c3ccccc31)[C@H](O)[C@@H]2O. The summed E-state index contributed by atoms with van der Waals surface area (Å²) in [6.45, 7) is 2.00. The molecule has 0 saturated heterocycles. The zero-order valence-corrected chi connectivity index (χ0v) is 12.1. The van der Waals surface area contributed by atoms with Crippen LogP contribution in [-0.2, 0) is 15.8 Å². The maximum Gasteiger partial charge on any atom is 0.147 e. The molecule has 21 heavy (non-hydrogen) atoms. The van der Waals surface area contributed by atoms with E-state index < -0.39 is 23.2 Å². The van der Waals surface area contributed by atoms with Gasteiger partial charge in [0.2, 0.25) is 0 Å². The van der Waals surface area contributed by atoms with E-state index in [9.17, 15) is 10.2 Å². The second-order valence-electron chi connectivity index (χ2n) is 6.12. The summed E-state index contributed by atoms with van der Waals surface area (Å²) in [7, 11) is 1.59. The van der Waals surface area contributed by atoms with Gasteiger partial charge < -0.3 is 14.9 Å². The van der Waals surface area contributed by atoms with E-state index in [-0.39, 0.29) is 0 Å². The summed E-state index contributed by atoms with van der Waals surface area (Å²) in [6, 6.07) is 15.9. The second kappa shape index (κ2) is 3.95. The maximum atomic E-state index is 10.8. The molecule has 0 heterocycles. The molecular weight excluding hydrogens is 264 g/mol. The van der Waals surface area contributed by atoms with Crippen LogP contribution in [0.5, 0.6) is 0 Å². The minimum absolute atomic E-state index is 0.618. The Labute approximate surface area is 123 Å². The van der Waals surface area contributed by atoms with Gasteiger partial charge in [-0.2, -0.15) is 0 Å². The zero-order valence-electron chi connectivity index (χ0n) is 12.1. The van der Waals surface area contributed by atoms with Crippen LogP contribution in [0.25, 0.3) is 0 Å². The lowest BCUT2D eigenvalue weighted by Gasteiger charge is -2.58. The molecule has 0 amide bonds. The third-order valence-electron chi connectivity index (χ3n) is 5.40. The summed E-state index contributed by atoms with van der Waals surface area (Å²) >= 11 is 0. The molecule has 2 aromatic carbocycles. The molecule has 3 aliphatic carbocycles. The van der Waals surface area contributed by atoms with Gasteiger partial charge in [-0.1, -0.05) is 48.5 Å². The monoisotopic (exact) mass is 282 g/mol. The van der Waals surface area contributed by atoms with E-state index in [0.29, 0.717) is 0 Å². The van der Waals surface area contributed by atoms with E-state index in [1.165, 1.54) is 0 Å². The summed E-state index contributed by atoms with van der Waals surface area (Å²) in [6.07, 6.45) is -1.89. The predicted octanol–water partition coefficient (Wildman–Crippen LogP) is 1.93. The van der Waals surface area contributed by atoms with Crippen molar-refractivity contribution in [1.29, 1.82) is 0 Å². The van der Waals surface area contributed by atoms with Crippen molar-refractivity contribution in [2.75, 3.05) is 7.11 Å². The maximum absolute atomic E-state index is 10.8. The Hall–Kier alpha value is -1.68. The van der Waals surface area contributed by atoms with Gasteiger partial charge in [-0.15, -0.1) is 0 Å². The van der Waals surface area contributed by atoms with Crippen molar-refractivity contribution in [3.8, 4) is 0 Å². The molecule has 0 fully saturated rings. The lowest BCUT2D eigenvalue weighted by molar-refractivity contribution is -0.162. The van der Waals surface area contributed by atoms with E-state index in [4.69, 9.17) is 4.74 Å². The van der Waals surface area contributed by atoms with Gasteiger partial charge in [-0.05, 0) is 29.2 Å². The number of hydrogen-bond donors (Lipinski definition) is 2. The molecule has 0 unspecified atom stereocenters. The lowest BCUT2D eigenvalue weighted by atomic mass is 9.51. The number of methoxy groups -OCH3 is 1. The Morgan fingerprint density at radius 1 is 0.810 bits per heavy atom. The number of ether oxygens (including phenoxy) is 1. The van der Waals surface area contributed by atoms with Crippen LogP contribution < -0.4 is 0 Å². The normalized spacial score (nSPS) is 36.2. The summed E-state index contributed by atoms with van der Waals surface area (Å²) in [5, 5.41) is 21.6. The van der Waals surface area contributed by atoms with Gasteiger partial charge in [-0.3, -0.25) is 0 Å². The number of aliphatic hydroxyl groups excluding tert-OH is 2. The van der Waals surface area contributed by atoms with Gasteiger partial charge in [-0.25, -0.2) is 0 Å². The standard InChI is InChI=1S/C18H18O3/c1-17-11-7-3-5-9-13(11)18(21-2,16(20)15(17)19)14-10-6-4-8-12(14)17/h3-10,15-16,19-20H,1-2H3/t15-,16+,17?,18?/m1/s1. The first-order chi connectivity index (χ1) is 10.1. The molecule has 2 aromatic rings. The molecular formula is C18H18O3. The van der Waals surface area contributed by atoms with Gasteiger partial charge in [0.1, 0.15) is 11.7 Å². The largest absolute Gasteiger partial charge is 0.389 e. The van der Waals surface area contributed by atoms with Crippen molar-refractivity contribution >= 4 is 0 Å². The molecule has 3 heteroatoms. The third-order valence-corrected chi connectivity index (χ3v) is 5.40. The van der Waals surface area contributed by atoms with Crippen LogP contribution in [0, 0.1) is 0 Å². The highest BCUT2D eigenvalue weighted by Gasteiger charge is 2.63. The molecule has 5 rings (SSSR count). The van der Waals surface area contributed by atoms with Crippen LogP contribution >= 0.6 is 0 Å². The molecule has 0 saturated carbocycles. The van der Waals surface area contributed by atoms with Gasteiger partial charge >= 0.3 is 0 Å². The Morgan fingerprint density at radius 2 is 1.24 bits per heavy atom. The average Bonchev–Trinajstić information content (AvgIpc) is 2.54. The van der Waals surface area contributed by atoms with E-state index in [1.54, 1.807) is 7.11 Å². The highest BCUT2D eigenvalue weighted by molar-refractivity contribution is 5.63. The van der Waals surface area contributed by atoms with E-state index in [2.05, 4.69) is 0 Å². The fraction of sp³-hybridized carbons (Fsp3) is 0.333. The number of rotatable bonds is 1. The Kier molecular flexibility index (Phi) is 2.45. The molecule has 2 atom stereocenters. The quantitative estimate of drug-likeness (QED) is 0.840. The summed E-state index contributed by atoms with van der Waals surface area (Å²) in [5.74, 6) is 0. The first-order valence-electron chi connectivity index (χ1n) is 7.19. The fourth-order valence-electron chi connectivity index (χ4n) is 4.33. The van der Waals surface area contributed by atoms with Crippen LogP contribution in [-0.4, -0.2) is 29.5 Å². The zero-order chi connectivity index (χ0) is 14.8. The Morgan fingerprint density at radius 3 is 1.67 bits per heavy atom. The average molecular weight is 282 g/mol. The van der Waals surface area contributed by atoms with Crippen LogP contribution in [0.3, 0.4) is 0 Å². The number of aliphatic hydroxyl groups is 2. The number of hydrogen-bond acceptors (Lipinski definition) is 3. The van der Waals surface area contributed by atoms with Crippen molar-refractivity contribution in [3.63, 3.8) is 0 Å². The highest BCUT2D eigenvalue weighted by Crippen LogP contribution is 2.59. The first-order valence-corrected chi connectivity index (χ1v) is 7.19. The molecule has 0 spiro atoms. The number of fused-ring (bicyclic) bond motifs is 1. The molecule has 0 aromatic heterocycles. The van der Waals surface area contributed by atoms with Crippen molar-refractivity contribution in [2.24, 2.45) is 0 Å². The topological polar surface area (TPSA) is 49.7 Å². The van der Waals surface area contributed by atoms with Crippen molar-refractivity contribution in [2.45, 2.75) is 30.1 Å². The van der Waals surface area contributed by atoms with Crippen LogP contribution in [0.1, 0.15) is 29.2 Å². The molecule has 3 nitrogen and oxygen atoms in total. The van der Waals surface area contributed by atoms with Gasteiger partial charge in [0.15, 0.2) is 0 Å². The Balaban J connectivity index is 2.20. The predicted molar refractivity (Wildman–Crippen MR) is 79.1 cm³/mol.